The summed E-state index contributed by atoms with van der Waals surface area (Å²) in [4.78, 5) is 13.4. The molecular weight excluding hydrogens is 248 g/mol. The van der Waals surface area contributed by atoms with Crippen LogP contribution in [-0.4, -0.2) is 30.4 Å². The highest BCUT2D eigenvalue weighted by Gasteiger charge is 2.26. The third kappa shape index (κ3) is 2.88. The van der Waals surface area contributed by atoms with Gasteiger partial charge in [-0.2, -0.15) is 0 Å². The molecule has 3 nitrogen and oxygen atoms in total. The lowest BCUT2D eigenvalue weighted by Gasteiger charge is -2.33. The van der Waals surface area contributed by atoms with Gasteiger partial charge in [-0.1, -0.05) is 30.7 Å². The van der Waals surface area contributed by atoms with Gasteiger partial charge >= 0.3 is 0 Å². The van der Waals surface area contributed by atoms with E-state index in [1.54, 1.807) is 0 Å². The molecule has 0 saturated carbocycles. The summed E-state index contributed by atoms with van der Waals surface area (Å²) >= 11 is 0. The molecule has 1 aliphatic carbocycles. The zero-order valence-corrected chi connectivity index (χ0v) is 12.3. The molecule has 1 saturated heterocycles. The van der Waals surface area contributed by atoms with Crippen molar-refractivity contribution >= 4 is 5.91 Å². The maximum atomic E-state index is 11.6. The summed E-state index contributed by atoms with van der Waals surface area (Å²) < 4.78 is 0. The fraction of sp³-hybridized carbons (Fsp3) is 0.588. The number of likely N-dealkylation sites (tertiary alicyclic amines) is 1. The smallest absolute Gasteiger partial charge is 0.222 e. The van der Waals surface area contributed by atoms with Crippen LogP contribution in [0, 0.1) is 0 Å². The molecule has 20 heavy (non-hydrogen) atoms. The predicted molar refractivity (Wildman–Crippen MR) is 80.5 cm³/mol. The van der Waals surface area contributed by atoms with Crippen LogP contribution < -0.4 is 5.32 Å². The highest BCUT2D eigenvalue weighted by molar-refractivity contribution is 5.76. The second-order valence-corrected chi connectivity index (χ2v) is 6.17. The number of piperidine rings is 1. The molecule has 0 bridgehead atoms. The van der Waals surface area contributed by atoms with E-state index in [2.05, 4.69) is 29.6 Å². The second-order valence-electron chi connectivity index (χ2n) is 6.17. The number of carbonyl (C=O) groups excluding carboxylic acids is 1. The fourth-order valence-corrected chi connectivity index (χ4v) is 3.53. The molecule has 2 aliphatic rings. The van der Waals surface area contributed by atoms with Crippen LogP contribution in [-0.2, 0) is 11.2 Å². The van der Waals surface area contributed by atoms with Crippen LogP contribution in [0.25, 0.3) is 0 Å². The Kier molecular flexibility index (Phi) is 4.06. The number of carbonyl (C=O) groups is 1. The van der Waals surface area contributed by atoms with E-state index in [4.69, 9.17) is 0 Å². The van der Waals surface area contributed by atoms with E-state index < -0.39 is 0 Å². The van der Waals surface area contributed by atoms with E-state index >= 15 is 0 Å². The van der Waals surface area contributed by atoms with Gasteiger partial charge in [0.25, 0.3) is 0 Å². The maximum absolute atomic E-state index is 11.6. The zero-order valence-electron chi connectivity index (χ0n) is 12.3. The van der Waals surface area contributed by atoms with Crippen LogP contribution in [0.5, 0.6) is 0 Å². The first kappa shape index (κ1) is 13.6. The molecular formula is C17H24N2O. The SMILES string of the molecule is CN1CC(NC2CCCCc3ccccc32)CCC1=O. The molecule has 1 fully saturated rings. The Labute approximate surface area is 121 Å². The molecule has 0 radical (unpaired) electrons. The van der Waals surface area contributed by atoms with Gasteiger partial charge in [0.05, 0.1) is 0 Å². The first-order valence-corrected chi connectivity index (χ1v) is 7.82. The van der Waals surface area contributed by atoms with E-state index in [1.807, 2.05) is 11.9 Å². The zero-order chi connectivity index (χ0) is 13.9. The van der Waals surface area contributed by atoms with Gasteiger partial charge in [-0.25, -0.2) is 0 Å². The number of rotatable bonds is 2. The number of fused-ring (bicyclic) bond motifs is 1. The molecule has 2 unspecified atom stereocenters. The lowest BCUT2D eigenvalue weighted by atomic mass is 9.96. The Morgan fingerprint density at radius 3 is 2.85 bits per heavy atom. The van der Waals surface area contributed by atoms with Crippen molar-refractivity contribution in [3.05, 3.63) is 35.4 Å². The number of benzene rings is 1. The Morgan fingerprint density at radius 1 is 1.15 bits per heavy atom. The molecule has 0 aromatic heterocycles. The van der Waals surface area contributed by atoms with Crippen LogP contribution in [0.4, 0.5) is 0 Å². The van der Waals surface area contributed by atoms with Crippen LogP contribution in [0.1, 0.15) is 49.3 Å². The number of nitrogens with one attached hydrogen (secondary N) is 1. The van der Waals surface area contributed by atoms with Gasteiger partial charge in [0.15, 0.2) is 0 Å². The van der Waals surface area contributed by atoms with E-state index in [1.165, 1.54) is 36.8 Å². The minimum Gasteiger partial charge on any atom is -0.344 e. The summed E-state index contributed by atoms with van der Waals surface area (Å²) in [5, 5.41) is 3.81. The van der Waals surface area contributed by atoms with E-state index in [0.717, 1.165) is 13.0 Å². The summed E-state index contributed by atoms with van der Waals surface area (Å²) in [7, 11) is 1.91. The van der Waals surface area contributed by atoms with E-state index in [-0.39, 0.29) is 5.91 Å². The number of likely N-dealkylation sites (N-methyl/N-ethyl adjacent to an activating group) is 1. The van der Waals surface area contributed by atoms with Crippen molar-refractivity contribution in [2.24, 2.45) is 0 Å². The molecule has 1 aromatic rings. The second kappa shape index (κ2) is 5.96. The van der Waals surface area contributed by atoms with Gasteiger partial charge < -0.3 is 10.2 Å². The number of hydrogen-bond acceptors (Lipinski definition) is 2. The molecule has 3 heteroatoms. The van der Waals surface area contributed by atoms with Crippen molar-refractivity contribution in [2.45, 2.75) is 50.6 Å². The van der Waals surface area contributed by atoms with Gasteiger partial charge in [-0.15, -0.1) is 0 Å². The average Bonchev–Trinajstić information content (AvgIpc) is 2.66. The summed E-state index contributed by atoms with van der Waals surface area (Å²) in [5.74, 6) is 0.282. The van der Waals surface area contributed by atoms with Gasteiger partial charge in [0.1, 0.15) is 0 Å². The quantitative estimate of drug-likeness (QED) is 0.840. The van der Waals surface area contributed by atoms with Crippen LogP contribution in [0.15, 0.2) is 24.3 Å². The molecule has 1 aliphatic heterocycles. The topological polar surface area (TPSA) is 32.3 Å². The molecule has 108 valence electrons. The van der Waals surface area contributed by atoms with E-state index in [9.17, 15) is 4.79 Å². The predicted octanol–water partition coefficient (Wildman–Crippen LogP) is 2.66. The third-order valence-corrected chi connectivity index (χ3v) is 4.68. The molecule has 1 amide bonds. The highest BCUT2D eigenvalue weighted by atomic mass is 16.2. The standard InChI is InChI=1S/C17H24N2O/c1-19-12-14(10-11-17(19)20)18-16-9-5-3-7-13-6-2-4-8-15(13)16/h2,4,6,8,14,16,18H,3,5,7,9-12H2,1H3. The number of hydrogen-bond donors (Lipinski definition) is 1. The van der Waals surface area contributed by atoms with Crippen LogP contribution in [0.3, 0.4) is 0 Å². The summed E-state index contributed by atoms with van der Waals surface area (Å²) in [6.45, 7) is 0.845. The number of amides is 1. The van der Waals surface area contributed by atoms with Crippen molar-refractivity contribution in [1.29, 1.82) is 0 Å². The molecule has 3 rings (SSSR count). The molecule has 1 aromatic carbocycles. The lowest BCUT2D eigenvalue weighted by molar-refractivity contribution is -0.132. The van der Waals surface area contributed by atoms with Crippen molar-refractivity contribution in [2.75, 3.05) is 13.6 Å². The maximum Gasteiger partial charge on any atom is 0.222 e. The average molecular weight is 272 g/mol. The normalized spacial score (nSPS) is 27.1. The number of aryl methyl sites for hydroxylation is 1. The lowest BCUT2D eigenvalue weighted by Crippen LogP contribution is -2.47. The van der Waals surface area contributed by atoms with Crippen LogP contribution in [0.2, 0.25) is 0 Å². The van der Waals surface area contributed by atoms with Crippen molar-refractivity contribution in [3.63, 3.8) is 0 Å². The monoisotopic (exact) mass is 272 g/mol. The summed E-state index contributed by atoms with van der Waals surface area (Å²) in [6.07, 6.45) is 6.65. The Balaban J connectivity index is 1.72. The largest absolute Gasteiger partial charge is 0.344 e. The van der Waals surface area contributed by atoms with Gasteiger partial charge in [0, 0.05) is 32.1 Å². The first-order chi connectivity index (χ1) is 9.74. The van der Waals surface area contributed by atoms with Gasteiger partial charge in [-0.05, 0) is 36.8 Å². The minimum absolute atomic E-state index is 0.282. The fourth-order valence-electron chi connectivity index (χ4n) is 3.53. The Bertz CT molecular complexity index is 486. The molecule has 1 N–H and O–H groups in total. The van der Waals surface area contributed by atoms with Crippen molar-refractivity contribution in [1.82, 2.24) is 10.2 Å². The number of nitrogens with zero attached hydrogens (tertiary/aromatic N) is 1. The summed E-state index contributed by atoms with van der Waals surface area (Å²) in [6, 6.07) is 9.74. The first-order valence-electron chi connectivity index (χ1n) is 7.82. The highest BCUT2D eigenvalue weighted by Crippen LogP contribution is 2.29. The van der Waals surface area contributed by atoms with Crippen LogP contribution >= 0.6 is 0 Å². The Morgan fingerprint density at radius 2 is 2.00 bits per heavy atom. The third-order valence-electron chi connectivity index (χ3n) is 4.68. The van der Waals surface area contributed by atoms with E-state index in [0.29, 0.717) is 18.5 Å². The van der Waals surface area contributed by atoms with Crippen molar-refractivity contribution in [3.8, 4) is 0 Å². The summed E-state index contributed by atoms with van der Waals surface area (Å²) in [5.41, 5.74) is 2.98. The minimum atomic E-state index is 0.282. The van der Waals surface area contributed by atoms with Gasteiger partial charge in [-0.3, -0.25) is 4.79 Å². The molecule has 1 heterocycles. The van der Waals surface area contributed by atoms with Crippen molar-refractivity contribution < 1.29 is 4.79 Å². The molecule has 0 spiro atoms. The Hall–Kier alpha value is -1.35. The molecule has 2 atom stereocenters. The van der Waals surface area contributed by atoms with Gasteiger partial charge in [0.2, 0.25) is 5.91 Å².